The summed E-state index contributed by atoms with van der Waals surface area (Å²) >= 11 is 0. The topological polar surface area (TPSA) is 81.4 Å². The summed E-state index contributed by atoms with van der Waals surface area (Å²) in [6.45, 7) is 4.47. The molecule has 3 N–H and O–H groups in total. The first-order chi connectivity index (χ1) is 8.00. The predicted octanol–water partition coefficient (Wildman–Crippen LogP) is 0.492. The summed E-state index contributed by atoms with van der Waals surface area (Å²) in [6, 6.07) is -0.651. The average Bonchev–Trinajstić information content (AvgIpc) is 2.76. The molecular weight excluding hydrogens is 220 g/mol. The van der Waals surface area contributed by atoms with Crippen molar-refractivity contribution in [3.05, 3.63) is 11.6 Å². The lowest BCUT2D eigenvalue weighted by Gasteiger charge is -2.16. The Bertz CT molecular complexity index is 316. The van der Waals surface area contributed by atoms with E-state index in [0.29, 0.717) is 19.4 Å². The molecule has 2 atom stereocenters. The lowest BCUT2D eigenvalue weighted by molar-refractivity contribution is -0.133. The first kappa shape index (κ1) is 13.7. The van der Waals surface area contributed by atoms with Crippen LogP contribution in [-0.4, -0.2) is 30.6 Å². The number of ether oxygens (including phenoxy) is 1. The van der Waals surface area contributed by atoms with Gasteiger partial charge in [0.2, 0.25) is 11.8 Å². The van der Waals surface area contributed by atoms with Gasteiger partial charge in [0.05, 0.1) is 0 Å². The van der Waals surface area contributed by atoms with Crippen LogP contribution in [0.15, 0.2) is 11.6 Å². The monoisotopic (exact) mass is 240 g/mol. The van der Waals surface area contributed by atoms with Crippen molar-refractivity contribution < 1.29 is 14.3 Å². The lowest BCUT2D eigenvalue weighted by Crippen LogP contribution is -2.47. The molecule has 96 valence electrons. The van der Waals surface area contributed by atoms with Gasteiger partial charge in [-0.3, -0.25) is 9.59 Å². The van der Waals surface area contributed by atoms with Crippen LogP contribution in [0.5, 0.6) is 0 Å². The van der Waals surface area contributed by atoms with E-state index in [2.05, 4.69) is 5.32 Å². The number of hydrogen-bond donors (Lipinski definition) is 2. The van der Waals surface area contributed by atoms with Crippen molar-refractivity contribution >= 4 is 11.8 Å². The fraction of sp³-hybridized carbons (Fsp3) is 0.667. The van der Waals surface area contributed by atoms with E-state index in [1.807, 2.05) is 19.9 Å². The molecule has 1 aliphatic rings. The molecular formula is C12H20N2O3. The molecule has 5 heteroatoms. The molecule has 0 saturated carbocycles. The highest BCUT2D eigenvalue weighted by Crippen LogP contribution is 2.12. The van der Waals surface area contributed by atoms with Crippen LogP contribution in [0, 0.1) is 0 Å². The van der Waals surface area contributed by atoms with Gasteiger partial charge in [-0.1, -0.05) is 11.6 Å². The summed E-state index contributed by atoms with van der Waals surface area (Å²) in [4.78, 5) is 22.9. The second kappa shape index (κ2) is 6.39. The van der Waals surface area contributed by atoms with Crippen LogP contribution in [0.25, 0.3) is 0 Å². The molecule has 0 bridgehead atoms. The Labute approximate surface area is 101 Å². The Kier molecular flexibility index (Phi) is 5.15. The molecule has 0 spiro atoms. The molecule has 0 unspecified atom stereocenters. The predicted molar refractivity (Wildman–Crippen MR) is 64.1 cm³/mol. The van der Waals surface area contributed by atoms with Gasteiger partial charge in [-0.25, -0.2) is 0 Å². The second-order valence-corrected chi connectivity index (χ2v) is 4.48. The number of nitrogens with one attached hydrogen (secondary N) is 1. The van der Waals surface area contributed by atoms with Crippen molar-refractivity contribution in [3.63, 3.8) is 0 Å². The first-order valence-electron chi connectivity index (χ1n) is 5.85. The Balaban J connectivity index is 2.51. The zero-order chi connectivity index (χ0) is 12.8. The highest BCUT2D eigenvalue weighted by atomic mass is 16.5. The standard InChI is InChI=1S/C12H20N2O3/c1-8(2)5-6-9(11(13)15)14-12(16)10-4-3-7-17-10/h5,9-10H,3-4,6-7H2,1-2H3,(H2,13,15)(H,14,16)/t9-,10+/m1/s1. The first-order valence-corrected chi connectivity index (χ1v) is 5.85. The Morgan fingerprint density at radius 1 is 1.53 bits per heavy atom. The van der Waals surface area contributed by atoms with Crippen LogP contribution >= 0.6 is 0 Å². The molecule has 1 aliphatic heterocycles. The van der Waals surface area contributed by atoms with Crippen molar-refractivity contribution in [2.75, 3.05) is 6.61 Å². The van der Waals surface area contributed by atoms with E-state index in [-0.39, 0.29) is 5.91 Å². The van der Waals surface area contributed by atoms with Crippen molar-refractivity contribution in [2.24, 2.45) is 5.73 Å². The van der Waals surface area contributed by atoms with Gasteiger partial charge in [0, 0.05) is 6.61 Å². The Hall–Kier alpha value is -1.36. The van der Waals surface area contributed by atoms with E-state index >= 15 is 0 Å². The summed E-state index contributed by atoms with van der Waals surface area (Å²) in [5.41, 5.74) is 6.33. The summed E-state index contributed by atoms with van der Waals surface area (Å²) in [5.74, 6) is -0.762. The fourth-order valence-corrected chi connectivity index (χ4v) is 1.65. The van der Waals surface area contributed by atoms with Crippen LogP contribution in [0.1, 0.15) is 33.1 Å². The molecule has 2 amide bonds. The molecule has 17 heavy (non-hydrogen) atoms. The number of primary amides is 1. The third kappa shape index (κ3) is 4.56. The van der Waals surface area contributed by atoms with Gasteiger partial charge in [0.1, 0.15) is 12.1 Å². The van der Waals surface area contributed by atoms with Crippen molar-refractivity contribution in [3.8, 4) is 0 Å². The maximum atomic E-state index is 11.7. The zero-order valence-electron chi connectivity index (χ0n) is 10.4. The molecule has 5 nitrogen and oxygen atoms in total. The third-order valence-electron chi connectivity index (χ3n) is 2.64. The van der Waals surface area contributed by atoms with E-state index < -0.39 is 18.1 Å². The summed E-state index contributed by atoms with van der Waals surface area (Å²) in [6.07, 6.45) is 3.47. The van der Waals surface area contributed by atoms with Crippen LogP contribution < -0.4 is 11.1 Å². The average molecular weight is 240 g/mol. The van der Waals surface area contributed by atoms with Gasteiger partial charge in [0.15, 0.2) is 0 Å². The molecule has 0 aromatic carbocycles. The molecule has 0 radical (unpaired) electrons. The number of amides is 2. The van der Waals surface area contributed by atoms with Gasteiger partial charge in [-0.05, 0) is 33.1 Å². The van der Waals surface area contributed by atoms with Gasteiger partial charge in [0.25, 0.3) is 0 Å². The minimum absolute atomic E-state index is 0.242. The van der Waals surface area contributed by atoms with E-state index in [4.69, 9.17) is 10.5 Å². The molecule has 1 heterocycles. The third-order valence-corrected chi connectivity index (χ3v) is 2.64. The maximum Gasteiger partial charge on any atom is 0.249 e. The highest BCUT2D eigenvalue weighted by molar-refractivity contribution is 5.88. The fourth-order valence-electron chi connectivity index (χ4n) is 1.65. The second-order valence-electron chi connectivity index (χ2n) is 4.48. The van der Waals surface area contributed by atoms with Crippen LogP contribution in [0.4, 0.5) is 0 Å². The van der Waals surface area contributed by atoms with E-state index in [1.165, 1.54) is 0 Å². The van der Waals surface area contributed by atoms with Gasteiger partial charge < -0.3 is 15.8 Å². The summed E-state index contributed by atoms with van der Waals surface area (Å²) in [7, 11) is 0. The number of carbonyl (C=O) groups is 2. The summed E-state index contributed by atoms with van der Waals surface area (Å²) < 4.78 is 5.24. The largest absolute Gasteiger partial charge is 0.368 e. The van der Waals surface area contributed by atoms with Crippen molar-refractivity contribution in [1.82, 2.24) is 5.32 Å². The number of nitrogens with two attached hydrogens (primary N) is 1. The van der Waals surface area contributed by atoms with Crippen LogP contribution in [-0.2, 0) is 14.3 Å². The minimum atomic E-state index is -0.651. The Morgan fingerprint density at radius 2 is 2.24 bits per heavy atom. The molecule has 0 aromatic heterocycles. The minimum Gasteiger partial charge on any atom is -0.368 e. The molecule has 0 aliphatic carbocycles. The number of allylic oxidation sites excluding steroid dienone is 1. The SMILES string of the molecule is CC(C)=CC[C@@H](NC(=O)[C@@H]1CCCO1)C(N)=O. The number of rotatable bonds is 5. The lowest BCUT2D eigenvalue weighted by atomic mass is 10.1. The summed E-state index contributed by atoms with van der Waals surface area (Å²) in [5, 5.41) is 2.63. The molecule has 1 saturated heterocycles. The van der Waals surface area contributed by atoms with E-state index in [9.17, 15) is 9.59 Å². The smallest absolute Gasteiger partial charge is 0.249 e. The number of hydrogen-bond acceptors (Lipinski definition) is 3. The normalized spacial score (nSPS) is 20.7. The van der Waals surface area contributed by atoms with Crippen LogP contribution in [0.2, 0.25) is 0 Å². The maximum absolute atomic E-state index is 11.7. The van der Waals surface area contributed by atoms with Crippen molar-refractivity contribution in [1.29, 1.82) is 0 Å². The van der Waals surface area contributed by atoms with Crippen LogP contribution in [0.3, 0.4) is 0 Å². The highest BCUT2D eigenvalue weighted by Gasteiger charge is 2.26. The Morgan fingerprint density at radius 3 is 2.71 bits per heavy atom. The molecule has 1 rings (SSSR count). The van der Waals surface area contributed by atoms with E-state index in [0.717, 1.165) is 12.0 Å². The van der Waals surface area contributed by atoms with E-state index in [1.54, 1.807) is 0 Å². The molecule has 0 aromatic rings. The van der Waals surface area contributed by atoms with Gasteiger partial charge in [-0.15, -0.1) is 0 Å². The zero-order valence-corrected chi connectivity index (χ0v) is 10.4. The quantitative estimate of drug-likeness (QED) is 0.686. The number of carbonyl (C=O) groups excluding carboxylic acids is 2. The van der Waals surface area contributed by atoms with Crippen molar-refractivity contribution in [2.45, 2.75) is 45.3 Å². The molecule has 1 fully saturated rings. The van der Waals surface area contributed by atoms with Gasteiger partial charge in [-0.2, -0.15) is 0 Å². The van der Waals surface area contributed by atoms with Gasteiger partial charge >= 0.3 is 0 Å².